The SMILES string of the molecule is COc1ccc(CCC2(C3CCCC3)CC(=O)C(Sc3nc4nc[nH]c(=O)c4[nH]3)C(=O)O2)cc1Cl. The van der Waals surface area contributed by atoms with Gasteiger partial charge < -0.3 is 19.4 Å². The van der Waals surface area contributed by atoms with Gasteiger partial charge in [0, 0.05) is 6.42 Å². The Balaban J connectivity index is 1.35. The normalized spacial score (nSPS) is 23.1. The number of imidazole rings is 1. The monoisotopic (exact) mass is 516 g/mol. The molecule has 1 saturated carbocycles. The van der Waals surface area contributed by atoms with Crippen LogP contribution >= 0.6 is 23.4 Å². The number of carbonyl (C=O) groups is 2. The number of Topliss-reactive ketones (excluding diaryl/α,β-unsaturated/α-hetero) is 1. The number of H-pyrrole nitrogens is 2. The lowest BCUT2D eigenvalue weighted by atomic mass is 9.76. The van der Waals surface area contributed by atoms with Crippen molar-refractivity contribution in [2.24, 2.45) is 5.92 Å². The number of aromatic nitrogens is 4. The van der Waals surface area contributed by atoms with E-state index in [0.717, 1.165) is 43.0 Å². The average molecular weight is 517 g/mol. The molecule has 35 heavy (non-hydrogen) atoms. The number of rotatable bonds is 7. The van der Waals surface area contributed by atoms with Crippen LogP contribution in [-0.2, 0) is 20.7 Å². The molecule has 2 atom stereocenters. The summed E-state index contributed by atoms with van der Waals surface area (Å²) in [6.45, 7) is 0. The summed E-state index contributed by atoms with van der Waals surface area (Å²) in [7, 11) is 1.57. The van der Waals surface area contributed by atoms with E-state index >= 15 is 0 Å². The zero-order valence-corrected chi connectivity index (χ0v) is 20.7. The maximum atomic E-state index is 13.3. The fraction of sp³-hybridized carbons (Fsp3) is 0.458. The molecule has 0 spiro atoms. The minimum absolute atomic E-state index is 0.143. The standard InChI is InChI=1S/C24H25ClN4O5S/c1-33-17-7-6-13(10-15(17)25)8-9-24(14-4-2-3-5-14)11-16(30)19(22(32)34-24)35-23-28-18-20(29-23)26-12-27-21(18)31/h6-7,10,12,14,19H,2-5,8-9,11H2,1H3,(H2,26,27,28,29,31). The smallest absolute Gasteiger partial charge is 0.327 e. The maximum Gasteiger partial charge on any atom is 0.327 e. The Hall–Kier alpha value is -2.85. The minimum Gasteiger partial charge on any atom is -0.495 e. The highest BCUT2D eigenvalue weighted by molar-refractivity contribution is 8.01. The Bertz CT molecular complexity index is 1310. The van der Waals surface area contributed by atoms with E-state index in [4.69, 9.17) is 21.1 Å². The van der Waals surface area contributed by atoms with Crippen LogP contribution in [0.1, 0.15) is 44.1 Å². The lowest BCUT2D eigenvalue weighted by Crippen LogP contribution is -2.53. The molecular weight excluding hydrogens is 492 g/mol. The van der Waals surface area contributed by atoms with Crippen molar-refractivity contribution < 1.29 is 19.1 Å². The van der Waals surface area contributed by atoms with Crippen molar-refractivity contribution in [1.29, 1.82) is 0 Å². The molecule has 0 bridgehead atoms. The summed E-state index contributed by atoms with van der Waals surface area (Å²) in [5.74, 6) is -0.00616. The van der Waals surface area contributed by atoms with Gasteiger partial charge in [-0.1, -0.05) is 42.3 Å². The Kier molecular flexibility index (Phi) is 6.59. The number of ketones is 1. The van der Waals surface area contributed by atoms with Gasteiger partial charge >= 0.3 is 5.97 Å². The van der Waals surface area contributed by atoms with Crippen molar-refractivity contribution in [3.63, 3.8) is 0 Å². The molecule has 0 amide bonds. The van der Waals surface area contributed by atoms with Crippen LogP contribution in [0.5, 0.6) is 5.75 Å². The molecule has 1 aromatic carbocycles. The summed E-state index contributed by atoms with van der Waals surface area (Å²) < 4.78 is 11.4. The van der Waals surface area contributed by atoms with E-state index in [-0.39, 0.29) is 40.0 Å². The Labute approximate surface area is 210 Å². The molecule has 2 aromatic heterocycles. The molecule has 9 nitrogen and oxygen atoms in total. The molecular formula is C24H25ClN4O5S. The van der Waals surface area contributed by atoms with E-state index in [9.17, 15) is 14.4 Å². The first-order chi connectivity index (χ1) is 16.9. The second-order valence-corrected chi connectivity index (χ2v) is 10.6. The fourth-order valence-corrected chi connectivity index (χ4v) is 6.32. The van der Waals surface area contributed by atoms with E-state index in [2.05, 4.69) is 19.9 Å². The first-order valence-electron chi connectivity index (χ1n) is 11.6. The number of hydrogen-bond acceptors (Lipinski definition) is 8. The van der Waals surface area contributed by atoms with Crippen LogP contribution in [0.2, 0.25) is 5.02 Å². The number of benzene rings is 1. The van der Waals surface area contributed by atoms with Crippen LogP contribution in [0.15, 0.2) is 34.5 Å². The number of nitrogens with one attached hydrogen (secondary N) is 2. The van der Waals surface area contributed by atoms with Crippen LogP contribution in [0.3, 0.4) is 0 Å². The highest BCUT2D eigenvalue weighted by Crippen LogP contribution is 2.46. The molecule has 3 aromatic rings. The number of thioether (sulfide) groups is 1. The van der Waals surface area contributed by atoms with E-state index in [0.29, 0.717) is 23.6 Å². The van der Waals surface area contributed by atoms with Gasteiger partial charge in [0.2, 0.25) is 0 Å². The molecule has 184 valence electrons. The quantitative estimate of drug-likeness (QED) is 0.358. The number of hydrogen-bond donors (Lipinski definition) is 2. The Morgan fingerprint density at radius 1 is 1.26 bits per heavy atom. The third-order valence-corrected chi connectivity index (χ3v) is 8.34. The number of ether oxygens (including phenoxy) is 2. The number of halogens is 1. The number of methoxy groups -OCH3 is 1. The number of nitrogens with zero attached hydrogens (tertiary/aromatic N) is 2. The molecule has 2 aliphatic rings. The highest BCUT2D eigenvalue weighted by atomic mass is 35.5. The van der Waals surface area contributed by atoms with Gasteiger partial charge in [-0.15, -0.1) is 0 Å². The van der Waals surface area contributed by atoms with Crippen molar-refractivity contribution in [3.05, 3.63) is 45.5 Å². The second-order valence-electron chi connectivity index (χ2n) is 9.05. The van der Waals surface area contributed by atoms with Gasteiger partial charge in [-0.2, -0.15) is 0 Å². The predicted octanol–water partition coefficient (Wildman–Crippen LogP) is 3.85. The molecule has 2 fully saturated rings. The predicted molar refractivity (Wildman–Crippen MR) is 131 cm³/mol. The van der Waals surface area contributed by atoms with Gasteiger partial charge in [-0.25, -0.2) is 9.97 Å². The number of esters is 1. The molecule has 5 rings (SSSR count). The number of aromatic amines is 2. The summed E-state index contributed by atoms with van der Waals surface area (Å²) in [5, 5.41) is -0.243. The summed E-state index contributed by atoms with van der Waals surface area (Å²) in [5.41, 5.74) is 0.219. The van der Waals surface area contributed by atoms with Crippen molar-refractivity contribution in [1.82, 2.24) is 19.9 Å². The summed E-state index contributed by atoms with van der Waals surface area (Å²) in [6.07, 6.45) is 6.56. The van der Waals surface area contributed by atoms with Gasteiger partial charge in [-0.3, -0.25) is 14.4 Å². The van der Waals surface area contributed by atoms with E-state index in [1.807, 2.05) is 18.2 Å². The molecule has 1 aliphatic carbocycles. The number of aryl methyl sites for hydroxylation is 1. The van der Waals surface area contributed by atoms with Gasteiger partial charge in [0.05, 0.1) is 18.5 Å². The average Bonchev–Trinajstić information content (AvgIpc) is 3.51. The first kappa shape index (κ1) is 23.9. The number of cyclic esters (lactones) is 1. The zero-order valence-electron chi connectivity index (χ0n) is 19.1. The molecule has 3 heterocycles. The highest BCUT2D eigenvalue weighted by Gasteiger charge is 2.52. The molecule has 11 heteroatoms. The molecule has 2 unspecified atom stereocenters. The van der Waals surface area contributed by atoms with Crippen molar-refractivity contribution in [2.45, 2.75) is 61.0 Å². The maximum absolute atomic E-state index is 13.3. The van der Waals surface area contributed by atoms with Crippen LogP contribution in [0.25, 0.3) is 11.2 Å². The largest absolute Gasteiger partial charge is 0.495 e. The van der Waals surface area contributed by atoms with Crippen molar-refractivity contribution in [2.75, 3.05) is 7.11 Å². The van der Waals surface area contributed by atoms with Crippen LogP contribution in [0, 0.1) is 5.92 Å². The van der Waals surface area contributed by atoms with Gasteiger partial charge in [0.25, 0.3) is 5.56 Å². The Morgan fingerprint density at radius 3 is 2.74 bits per heavy atom. The fourth-order valence-electron chi connectivity index (χ4n) is 5.15. The zero-order chi connectivity index (χ0) is 24.6. The third-order valence-electron chi connectivity index (χ3n) is 6.94. The summed E-state index contributed by atoms with van der Waals surface area (Å²) >= 11 is 7.26. The van der Waals surface area contributed by atoms with E-state index in [1.165, 1.54) is 6.33 Å². The molecule has 1 saturated heterocycles. The molecule has 2 N–H and O–H groups in total. The summed E-state index contributed by atoms with van der Waals surface area (Å²) in [6, 6.07) is 5.61. The van der Waals surface area contributed by atoms with Crippen LogP contribution < -0.4 is 10.3 Å². The van der Waals surface area contributed by atoms with E-state index in [1.54, 1.807) is 7.11 Å². The van der Waals surface area contributed by atoms with Crippen molar-refractivity contribution in [3.8, 4) is 5.75 Å². The Morgan fingerprint density at radius 2 is 2.06 bits per heavy atom. The summed E-state index contributed by atoms with van der Waals surface area (Å²) in [4.78, 5) is 52.0. The van der Waals surface area contributed by atoms with Crippen LogP contribution in [0.4, 0.5) is 0 Å². The van der Waals surface area contributed by atoms with Gasteiger partial charge in [0.15, 0.2) is 27.4 Å². The lowest BCUT2D eigenvalue weighted by molar-refractivity contribution is -0.177. The number of carbonyl (C=O) groups excluding carboxylic acids is 2. The van der Waals surface area contributed by atoms with Crippen LogP contribution in [-0.4, -0.2) is 49.6 Å². The molecule has 0 radical (unpaired) electrons. The minimum atomic E-state index is -1.04. The van der Waals surface area contributed by atoms with Gasteiger partial charge in [0.1, 0.15) is 11.4 Å². The lowest BCUT2D eigenvalue weighted by Gasteiger charge is -2.42. The van der Waals surface area contributed by atoms with Crippen molar-refractivity contribution >= 4 is 46.3 Å². The topological polar surface area (TPSA) is 127 Å². The second kappa shape index (κ2) is 9.66. The first-order valence-corrected chi connectivity index (χ1v) is 12.8. The number of fused-ring (bicyclic) bond motifs is 1. The van der Waals surface area contributed by atoms with Gasteiger partial charge in [-0.05, 0) is 49.3 Å². The molecule has 1 aliphatic heterocycles. The third kappa shape index (κ3) is 4.69. The van der Waals surface area contributed by atoms with E-state index < -0.39 is 16.8 Å².